The predicted octanol–water partition coefficient (Wildman–Crippen LogP) is 3.73. The van der Waals surface area contributed by atoms with E-state index in [1.54, 1.807) is 0 Å². The highest BCUT2D eigenvalue weighted by atomic mass is 19.4. The summed E-state index contributed by atoms with van der Waals surface area (Å²) < 4.78 is 65.9. The van der Waals surface area contributed by atoms with Crippen molar-refractivity contribution in [1.82, 2.24) is 15.3 Å². The van der Waals surface area contributed by atoms with Gasteiger partial charge in [-0.2, -0.15) is 22.0 Å². The van der Waals surface area contributed by atoms with Crippen LogP contribution in [0, 0.1) is 0 Å². The molecule has 2 rings (SSSR count). The summed E-state index contributed by atoms with van der Waals surface area (Å²) in [4.78, 5) is 19.2. The van der Waals surface area contributed by atoms with E-state index in [9.17, 15) is 26.7 Å². The lowest BCUT2D eigenvalue weighted by Gasteiger charge is -2.19. The van der Waals surface area contributed by atoms with Crippen LogP contribution in [-0.4, -0.2) is 40.1 Å². The van der Waals surface area contributed by atoms with Gasteiger partial charge in [0, 0.05) is 42.3 Å². The molecular formula is C19H23F5N4O2. The van der Waals surface area contributed by atoms with Crippen molar-refractivity contribution < 1.29 is 31.5 Å². The molecule has 0 radical (unpaired) electrons. The molecule has 166 valence electrons. The third-order valence-corrected chi connectivity index (χ3v) is 3.01. The lowest BCUT2D eigenvalue weighted by molar-refractivity contribution is -0.290. The molecule has 1 amide bonds. The monoisotopic (exact) mass is 434 g/mol. The van der Waals surface area contributed by atoms with Crippen LogP contribution in [-0.2, 0) is 6.54 Å². The Labute approximate surface area is 170 Å². The molecule has 2 heterocycles. The van der Waals surface area contributed by atoms with Crippen molar-refractivity contribution in [3.63, 3.8) is 0 Å². The van der Waals surface area contributed by atoms with E-state index in [2.05, 4.69) is 20.0 Å². The normalized spacial score (nSPS) is 11.9. The number of hydrogen-bond donors (Lipinski definition) is 2. The predicted molar refractivity (Wildman–Crippen MR) is 100 cm³/mol. The first-order chi connectivity index (χ1) is 13.7. The zero-order valence-corrected chi connectivity index (χ0v) is 16.6. The van der Waals surface area contributed by atoms with Gasteiger partial charge >= 0.3 is 12.1 Å². The molecule has 2 aromatic heterocycles. The number of carbonyl (C=O) groups is 1. The number of nitrogens with one attached hydrogen (secondary N) is 1. The highest BCUT2D eigenvalue weighted by Crippen LogP contribution is 2.35. The van der Waals surface area contributed by atoms with Gasteiger partial charge in [0.05, 0.1) is 0 Å². The molecule has 0 bridgehead atoms. The summed E-state index contributed by atoms with van der Waals surface area (Å²) in [5.74, 6) is -5.70. The Morgan fingerprint density at radius 2 is 1.63 bits per heavy atom. The highest BCUT2D eigenvalue weighted by Gasteiger charge is 2.58. The summed E-state index contributed by atoms with van der Waals surface area (Å²) in [6.45, 7) is 4.13. The Kier molecular flexibility index (Phi) is 8.64. The number of amides is 1. The molecule has 0 fully saturated rings. The molecule has 0 unspecified atom stereocenters. The van der Waals surface area contributed by atoms with Crippen LogP contribution in [0.3, 0.4) is 0 Å². The van der Waals surface area contributed by atoms with E-state index in [0.717, 1.165) is 6.07 Å². The van der Waals surface area contributed by atoms with Gasteiger partial charge in [0.1, 0.15) is 0 Å². The minimum atomic E-state index is -5.69. The minimum absolute atomic E-state index is 0. The number of rotatable bonds is 6. The molecule has 30 heavy (non-hydrogen) atoms. The lowest BCUT2D eigenvalue weighted by atomic mass is 10.1. The molecule has 0 saturated carbocycles. The SMILES string of the molecule is CC(C)(C)N.O=C(NCc1ccc(OCC(F)(F)C(F)(F)F)nc1)c1ccncc1. The molecule has 0 aromatic carbocycles. The fourth-order valence-corrected chi connectivity index (χ4v) is 1.63. The Morgan fingerprint density at radius 3 is 2.10 bits per heavy atom. The summed E-state index contributed by atoms with van der Waals surface area (Å²) in [7, 11) is 0. The van der Waals surface area contributed by atoms with Crippen molar-refractivity contribution in [2.24, 2.45) is 5.73 Å². The van der Waals surface area contributed by atoms with Crippen LogP contribution >= 0.6 is 0 Å². The number of ether oxygens (including phenoxy) is 1. The smallest absolute Gasteiger partial charge is 0.456 e. The Hall–Kier alpha value is -2.82. The van der Waals surface area contributed by atoms with Gasteiger partial charge in [-0.1, -0.05) is 6.07 Å². The second-order valence-electron chi connectivity index (χ2n) is 7.28. The van der Waals surface area contributed by atoms with E-state index in [0.29, 0.717) is 11.1 Å². The summed E-state index contributed by atoms with van der Waals surface area (Å²) in [5, 5.41) is 2.59. The van der Waals surface area contributed by atoms with Crippen LogP contribution in [0.2, 0.25) is 0 Å². The summed E-state index contributed by atoms with van der Waals surface area (Å²) in [5.41, 5.74) is 6.27. The summed E-state index contributed by atoms with van der Waals surface area (Å²) >= 11 is 0. The second kappa shape index (κ2) is 10.3. The van der Waals surface area contributed by atoms with Gasteiger partial charge in [0.25, 0.3) is 5.91 Å². The van der Waals surface area contributed by atoms with E-state index in [-0.39, 0.29) is 23.9 Å². The number of pyridine rings is 2. The fraction of sp³-hybridized carbons (Fsp3) is 0.421. The Bertz CT molecular complexity index is 785. The maximum Gasteiger partial charge on any atom is 0.456 e. The van der Waals surface area contributed by atoms with Crippen molar-refractivity contribution in [2.75, 3.05) is 6.61 Å². The molecule has 6 nitrogen and oxygen atoms in total. The average Bonchev–Trinajstić information content (AvgIpc) is 2.64. The standard InChI is InChI=1S/C15H12F5N3O2.C4H11N/c16-14(17,15(18,19)20)9-25-12-2-1-10(7-22-12)8-23-13(24)11-3-5-21-6-4-11;1-4(2,3)5/h1-7H,8-9H2,(H,23,24);5H2,1-3H3. The molecule has 0 aliphatic heterocycles. The van der Waals surface area contributed by atoms with E-state index in [4.69, 9.17) is 5.73 Å². The van der Waals surface area contributed by atoms with Crippen LogP contribution in [0.5, 0.6) is 5.88 Å². The number of alkyl halides is 5. The van der Waals surface area contributed by atoms with E-state index < -0.39 is 18.7 Å². The number of halogens is 5. The van der Waals surface area contributed by atoms with Gasteiger partial charge in [-0.3, -0.25) is 9.78 Å². The van der Waals surface area contributed by atoms with Gasteiger partial charge < -0.3 is 15.8 Å². The van der Waals surface area contributed by atoms with Gasteiger partial charge in [0.15, 0.2) is 6.61 Å². The second-order valence-corrected chi connectivity index (χ2v) is 7.28. The van der Waals surface area contributed by atoms with Crippen molar-refractivity contribution in [1.29, 1.82) is 0 Å². The van der Waals surface area contributed by atoms with Gasteiger partial charge in [-0.05, 0) is 38.5 Å². The zero-order chi connectivity index (χ0) is 23.0. The average molecular weight is 434 g/mol. The quantitative estimate of drug-likeness (QED) is 0.677. The summed E-state index contributed by atoms with van der Waals surface area (Å²) in [6.07, 6.45) is -1.57. The number of aromatic nitrogens is 2. The van der Waals surface area contributed by atoms with Crippen LogP contribution in [0.15, 0.2) is 42.9 Å². The topological polar surface area (TPSA) is 90.1 Å². The molecule has 0 spiro atoms. The largest absolute Gasteiger partial charge is 0.471 e. The molecule has 11 heteroatoms. The number of nitrogens with two attached hydrogens (primary N) is 1. The number of hydrogen-bond acceptors (Lipinski definition) is 5. The first-order valence-electron chi connectivity index (χ1n) is 8.68. The molecular weight excluding hydrogens is 411 g/mol. The van der Waals surface area contributed by atoms with Crippen molar-refractivity contribution in [3.8, 4) is 5.88 Å². The molecule has 0 aliphatic rings. The first kappa shape index (κ1) is 25.2. The van der Waals surface area contributed by atoms with Crippen molar-refractivity contribution >= 4 is 5.91 Å². The van der Waals surface area contributed by atoms with Crippen LogP contribution in [0.1, 0.15) is 36.7 Å². The highest BCUT2D eigenvalue weighted by molar-refractivity contribution is 5.93. The van der Waals surface area contributed by atoms with Gasteiger partial charge in [0.2, 0.25) is 5.88 Å². The van der Waals surface area contributed by atoms with Crippen LogP contribution in [0.4, 0.5) is 22.0 Å². The van der Waals surface area contributed by atoms with Crippen LogP contribution in [0.25, 0.3) is 0 Å². The molecule has 0 aliphatic carbocycles. The first-order valence-corrected chi connectivity index (χ1v) is 8.68. The van der Waals surface area contributed by atoms with Crippen molar-refractivity contribution in [3.05, 3.63) is 54.0 Å². The number of nitrogens with zero attached hydrogens (tertiary/aromatic N) is 2. The van der Waals surface area contributed by atoms with Gasteiger partial charge in [-0.25, -0.2) is 4.98 Å². The fourth-order valence-electron chi connectivity index (χ4n) is 1.63. The maximum absolute atomic E-state index is 12.7. The van der Waals surface area contributed by atoms with E-state index in [1.807, 2.05) is 20.8 Å². The lowest BCUT2D eigenvalue weighted by Crippen LogP contribution is -2.41. The third kappa shape index (κ3) is 9.59. The van der Waals surface area contributed by atoms with Crippen molar-refractivity contribution in [2.45, 2.75) is 45.0 Å². The Balaban J connectivity index is 0.000000804. The minimum Gasteiger partial charge on any atom is -0.471 e. The molecule has 3 N–H and O–H groups in total. The third-order valence-electron chi connectivity index (χ3n) is 3.01. The maximum atomic E-state index is 12.7. The zero-order valence-electron chi connectivity index (χ0n) is 16.6. The number of carbonyl (C=O) groups excluding carboxylic acids is 1. The molecule has 2 aromatic rings. The van der Waals surface area contributed by atoms with Gasteiger partial charge in [-0.15, -0.1) is 0 Å². The van der Waals surface area contributed by atoms with E-state index >= 15 is 0 Å². The van der Waals surface area contributed by atoms with E-state index in [1.165, 1.54) is 36.8 Å². The molecule has 0 atom stereocenters. The Morgan fingerprint density at radius 1 is 1.07 bits per heavy atom. The summed E-state index contributed by atoms with van der Waals surface area (Å²) in [6, 6.07) is 5.57. The molecule has 0 saturated heterocycles. The van der Waals surface area contributed by atoms with Crippen LogP contribution < -0.4 is 15.8 Å².